The van der Waals surface area contributed by atoms with E-state index in [1.807, 2.05) is 32.0 Å². The van der Waals surface area contributed by atoms with E-state index in [1.165, 1.54) is 20.1 Å². The highest BCUT2D eigenvalue weighted by Gasteiger charge is 2.33. The lowest BCUT2D eigenvalue weighted by molar-refractivity contribution is -0.393. The van der Waals surface area contributed by atoms with Crippen molar-refractivity contribution in [1.29, 1.82) is 0 Å². The Bertz CT molecular complexity index is 3420. The van der Waals surface area contributed by atoms with Gasteiger partial charge in [-0.2, -0.15) is 0 Å². The van der Waals surface area contributed by atoms with Crippen LogP contribution in [0.5, 0.6) is 5.75 Å². The molecule has 0 saturated carbocycles. The van der Waals surface area contributed by atoms with Crippen molar-refractivity contribution in [3.63, 3.8) is 0 Å². The normalized spacial score (nSPS) is 14.5. The lowest BCUT2D eigenvalue weighted by Gasteiger charge is -2.26. The number of aliphatic imine (C=N–C) groups is 1. The maximum absolute atomic E-state index is 14.6. The van der Waals surface area contributed by atoms with Gasteiger partial charge in [0.15, 0.2) is 5.96 Å². The number of methoxy groups -OCH3 is 1. The summed E-state index contributed by atoms with van der Waals surface area (Å²) in [5, 5.41) is 49.1. The van der Waals surface area contributed by atoms with Crippen molar-refractivity contribution in [2.24, 2.45) is 22.4 Å². The Labute approximate surface area is 485 Å². The summed E-state index contributed by atoms with van der Waals surface area (Å²) in [4.78, 5) is 149. The number of carbonyl (C=O) groups is 8. The quantitative estimate of drug-likeness (QED) is 0.00785. The van der Waals surface area contributed by atoms with Crippen LogP contribution in [0.15, 0.2) is 99.1 Å². The number of nitrogens with one attached hydrogen (secondary N) is 9. The predicted molar refractivity (Wildman–Crippen MR) is 311 cm³/mol. The molecule has 1 aliphatic rings. The largest absolute Gasteiger partial charge is 0.497 e. The smallest absolute Gasteiger partial charge is 0.336 e. The van der Waals surface area contributed by atoms with Crippen LogP contribution in [0.25, 0.3) is 21.7 Å². The summed E-state index contributed by atoms with van der Waals surface area (Å²) >= 11 is 0. The second-order valence-electron chi connectivity index (χ2n) is 20.5. The number of nitrogens with two attached hydrogens (primary N) is 2. The van der Waals surface area contributed by atoms with E-state index in [0.717, 1.165) is 35.4 Å². The van der Waals surface area contributed by atoms with E-state index in [0.29, 0.717) is 35.7 Å². The van der Waals surface area contributed by atoms with Gasteiger partial charge in [-0.15, -0.1) is 0 Å². The molecule has 0 aliphatic carbocycles. The summed E-state index contributed by atoms with van der Waals surface area (Å²) in [5.41, 5.74) is 9.32. The topological polar surface area (TPSA) is 435 Å². The molecule has 0 spiro atoms. The number of nitro benzene ring substituents is 2. The Kier molecular flexibility index (Phi) is 22.9. The number of anilines is 1. The molecule has 452 valence electrons. The van der Waals surface area contributed by atoms with Crippen LogP contribution in [0, 0.1) is 26.1 Å². The van der Waals surface area contributed by atoms with Gasteiger partial charge in [0.05, 0.1) is 42.0 Å². The molecule has 1 fully saturated rings. The second kappa shape index (κ2) is 30.3. The van der Waals surface area contributed by atoms with E-state index in [-0.39, 0.29) is 66.8 Å². The highest BCUT2D eigenvalue weighted by Crippen LogP contribution is 2.29. The lowest BCUT2D eigenvalue weighted by atomic mass is 10.0. The molecule has 13 N–H and O–H groups in total. The fourth-order valence-corrected chi connectivity index (χ4v) is 9.23. The van der Waals surface area contributed by atoms with Crippen molar-refractivity contribution in [3.05, 3.63) is 127 Å². The Hall–Kier alpha value is -10.1. The molecule has 1 aromatic heterocycles. The second-order valence-corrected chi connectivity index (χ2v) is 20.5. The van der Waals surface area contributed by atoms with E-state index < -0.39 is 124 Å². The summed E-state index contributed by atoms with van der Waals surface area (Å²) in [6.45, 7) is 4.24. The van der Waals surface area contributed by atoms with Gasteiger partial charge in [-0.3, -0.25) is 68.9 Å². The molecule has 8 amide bonds. The Balaban J connectivity index is 1.23. The first-order valence-corrected chi connectivity index (χ1v) is 27.1. The first kappa shape index (κ1) is 64.1. The molecule has 0 bridgehead atoms. The number of carbonyl (C=O) groups excluding carboxylic acids is 8. The number of imide groups is 1. The van der Waals surface area contributed by atoms with Gasteiger partial charge in [0.1, 0.15) is 47.2 Å². The van der Waals surface area contributed by atoms with E-state index in [2.05, 4.69) is 52.8 Å². The number of rotatable bonds is 29. The molecule has 5 aromatic rings. The fraction of sp³-hybridized carbons (Fsp3) is 0.393. The highest BCUT2D eigenvalue weighted by molar-refractivity contribution is 6.02. The zero-order valence-corrected chi connectivity index (χ0v) is 47.0. The van der Waals surface area contributed by atoms with Crippen LogP contribution in [0.3, 0.4) is 0 Å². The third-order valence-corrected chi connectivity index (χ3v) is 13.5. The van der Waals surface area contributed by atoms with Crippen molar-refractivity contribution in [1.82, 2.24) is 42.5 Å². The Morgan fingerprint density at radius 2 is 1.49 bits per heavy atom. The molecule has 2 heterocycles. The Morgan fingerprint density at radius 3 is 2.18 bits per heavy atom. The zero-order chi connectivity index (χ0) is 61.9. The van der Waals surface area contributed by atoms with Crippen LogP contribution in [0.1, 0.15) is 64.0 Å². The predicted octanol–water partition coefficient (Wildman–Crippen LogP) is 0.723. The van der Waals surface area contributed by atoms with Gasteiger partial charge in [0, 0.05) is 43.1 Å². The molecule has 6 atom stereocenters. The number of hydrogen-bond donors (Lipinski definition) is 11. The van der Waals surface area contributed by atoms with Crippen molar-refractivity contribution in [2.45, 2.75) is 102 Å². The van der Waals surface area contributed by atoms with Crippen LogP contribution in [-0.2, 0) is 51.2 Å². The van der Waals surface area contributed by atoms with Gasteiger partial charge in [0.2, 0.25) is 47.3 Å². The molecule has 0 radical (unpaired) electrons. The number of benzene rings is 4. The molecule has 0 unspecified atom stereocenters. The molecule has 29 heteroatoms. The van der Waals surface area contributed by atoms with Crippen LogP contribution in [0.2, 0.25) is 0 Å². The maximum Gasteiger partial charge on any atom is 0.336 e. The summed E-state index contributed by atoms with van der Waals surface area (Å²) in [6, 6.07) is 13.2. The number of fused-ring (bicyclic) bond motifs is 2. The summed E-state index contributed by atoms with van der Waals surface area (Å²) in [5.74, 6) is -6.74. The summed E-state index contributed by atoms with van der Waals surface area (Å²) in [7, 11) is 1.41. The van der Waals surface area contributed by atoms with Crippen LogP contribution < -0.4 is 69.7 Å². The first-order valence-electron chi connectivity index (χ1n) is 27.1. The minimum absolute atomic E-state index is 0.00738. The molecular formula is C56H68N14O15. The summed E-state index contributed by atoms with van der Waals surface area (Å²) in [6.07, 6.45) is 0.859. The van der Waals surface area contributed by atoms with Crippen LogP contribution in [-0.4, -0.2) is 133 Å². The first-order chi connectivity index (χ1) is 40.5. The van der Waals surface area contributed by atoms with Crippen LogP contribution in [0.4, 0.5) is 17.1 Å². The standard InChI is InChI=1S/C56H68N14O15/c1-30(2)21-42(66-52(76)40-11-7-19-59-40)51(75)62-29-48(72)64-43(23-32-13-14-33-9-5-6-10-34(33)22-32)54(78)67-44(28-61-39-18-15-36(69(80)81)26-45(39)70(82)83)55(79)63-31(3)50(74)65-41(12-8-20-60-56(57)58)53(77)68-47(71)24-35-25-49(73)85-46-27-37(84-4)16-17-38(35)46/h5-6,9-10,13-18,22,25-27,30-31,40-44,59,61H,7-8,11-12,19-21,23-24,28-29H2,1-4H3,(H,62,75)(H,63,79)(H,64,72)(H,65,74)(H,66,76)(H,67,78)(H4,57,58,60)(H,68,71,77)/t31-,40-,41-,42-,43-,44-/m0/s1. The Morgan fingerprint density at radius 1 is 0.765 bits per heavy atom. The minimum Gasteiger partial charge on any atom is -0.497 e. The third kappa shape index (κ3) is 19.0. The number of guanidine groups is 1. The van der Waals surface area contributed by atoms with Crippen molar-refractivity contribution < 1.29 is 57.4 Å². The molecule has 6 rings (SSSR count). The molecule has 4 aromatic carbocycles. The average Bonchev–Trinajstić information content (AvgIpc) is 3.64. The zero-order valence-electron chi connectivity index (χ0n) is 47.0. The third-order valence-electron chi connectivity index (χ3n) is 13.5. The lowest BCUT2D eigenvalue weighted by Crippen LogP contribution is -2.60. The van der Waals surface area contributed by atoms with Gasteiger partial charge in [-0.1, -0.05) is 56.3 Å². The van der Waals surface area contributed by atoms with Crippen molar-refractivity contribution in [2.75, 3.05) is 38.6 Å². The number of ether oxygens (including phenoxy) is 1. The van der Waals surface area contributed by atoms with E-state index >= 15 is 0 Å². The van der Waals surface area contributed by atoms with Crippen molar-refractivity contribution in [3.8, 4) is 5.75 Å². The number of hydrogen-bond acceptors (Lipinski definition) is 18. The number of nitro groups is 2. The van der Waals surface area contributed by atoms with Gasteiger partial charge in [-0.25, -0.2) is 4.79 Å². The molecule has 1 saturated heterocycles. The molecule has 29 nitrogen and oxygen atoms in total. The minimum atomic E-state index is -1.77. The molecule has 1 aliphatic heterocycles. The maximum atomic E-state index is 14.6. The highest BCUT2D eigenvalue weighted by atomic mass is 16.6. The van der Waals surface area contributed by atoms with Gasteiger partial charge in [0.25, 0.3) is 11.4 Å². The van der Waals surface area contributed by atoms with Gasteiger partial charge >= 0.3 is 5.63 Å². The number of non-ortho nitro benzene ring substituents is 1. The fourth-order valence-electron chi connectivity index (χ4n) is 9.23. The van der Waals surface area contributed by atoms with Gasteiger partial charge in [-0.05, 0) is 91.6 Å². The number of amides is 8. The average molecular weight is 1180 g/mol. The van der Waals surface area contributed by atoms with Gasteiger partial charge < -0.3 is 63.2 Å². The van der Waals surface area contributed by atoms with E-state index in [4.69, 9.17) is 20.6 Å². The van der Waals surface area contributed by atoms with E-state index in [1.54, 1.807) is 36.4 Å². The molecular weight excluding hydrogens is 1110 g/mol. The van der Waals surface area contributed by atoms with Crippen molar-refractivity contribution >= 4 is 92.0 Å². The SMILES string of the molecule is COc1ccc2c(CC(=O)NC(=O)[C@H](CCCN=C(N)N)NC(=O)[C@H](C)NC(=O)[C@H](CNc3ccc([N+](=O)[O-])cc3[N+](=O)[O-])NC(=O)[C@H](Cc3ccc4ccccc4c3)NC(=O)CNC(=O)[C@H](CC(C)C)NC(=O)[C@@H]3CCCN3)cc(=O)oc2c1. The monoisotopic (exact) mass is 1180 g/mol. The van der Waals surface area contributed by atoms with Crippen LogP contribution >= 0.6 is 0 Å². The van der Waals surface area contributed by atoms with E-state index in [9.17, 15) is 63.4 Å². The molecule has 85 heavy (non-hydrogen) atoms. The number of nitrogens with zero attached hydrogens (tertiary/aromatic N) is 3. The summed E-state index contributed by atoms with van der Waals surface area (Å²) < 4.78 is 10.5.